The lowest BCUT2D eigenvalue weighted by Crippen LogP contribution is -2.22. The second-order valence-corrected chi connectivity index (χ2v) is 3.69. The molecule has 1 aliphatic rings. The first-order valence-electron chi connectivity index (χ1n) is 4.36. The van der Waals surface area contributed by atoms with E-state index in [0.29, 0.717) is 0 Å². The Hall–Kier alpha value is -0.480. The Bertz CT molecular complexity index is 157. The van der Waals surface area contributed by atoms with Crippen LogP contribution in [0.3, 0.4) is 0 Å². The van der Waals surface area contributed by atoms with E-state index < -0.39 is 0 Å². The normalized spacial score (nSPS) is 28.5. The minimum absolute atomic E-state index is 0.887. The van der Waals surface area contributed by atoms with Crippen molar-refractivity contribution in [2.45, 2.75) is 19.8 Å². The first-order valence-corrected chi connectivity index (χ1v) is 4.36. The van der Waals surface area contributed by atoms with Crippen LogP contribution in [0, 0.1) is 24.2 Å². The molecule has 1 aliphatic carbocycles. The van der Waals surface area contributed by atoms with E-state index in [1.807, 2.05) is 0 Å². The Morgan fingerprint density at radius 3 is 2.73 bits per heavy atom. The van der Waals surface area contributed by atoms with E-state index in [2.05, 4.69) is 24.8 Å². The molecule has 0 N–H and O–H groups in total. The van der Waals surface area contributed by atoms with Crippen LogP contribution in [0.2, 0.25) is 0 Å². The Morgan fingerprint density at radius 1 is 1.64 bits per heavy atom. The molecule has 0 aromatic rings. The van der Waals surface area contributed by atoms with E-state index in [0.717, 1.165) is 24.8 Å². The van der Waals surface area contributed by atoms with Crippen molar-refractivity contribution in [2.24, 2.45) is 11.8 Å². The topological polar surface area (TPSA) is 3.24 Å². The fourth-order valence-corrected chi connectivity index (χ4v) is 1.40. The number of hydrogen-bond donors (Lipinski definition) is 0. The van der Waals surface area contributed by atoms with Gasteiger partial charge in [-0.15, -0.1) is 12.3 Å². The van der Waals surface area contributed by atoms with E-state index in [4.69, 9.17) is 6.42 Å². The second kappa shape index (κ2) is 3.78. The van der Waals surface area contributed by atoms with Gasteiger partial charge in [0.25, 0.3) is 0 Å². The fraction of sp³-hybridized carbons (Fsp3) is 0.800. The summed E-state index contributed by atoms with van der Waals surface area (Å²) in [7, 11) is 2.16. The van der Waals surface area contributed by atoms with Gasteiger partial charge in [-0.25, -0.2) is 0 Å². The molecule has 11 heavy (non-hydrogen) atoms. The number of hydrogen-bond acceptors (Lipinski definition) is 1. The molecule has 1 heteroatoms. The molecule has 0 aromatic heterocycles. The molecular weight excluding hydrogens is 134 g/mol. The third kappa shape index (κ3) is 2.95. The average molecular weight is 151 g/mol. The maximum atomic E-state index is 5.17. The monoisotopic (exact) mass is 151 g/mol. The highest BCUT2D eigenvalue weighted by Crippen LogP contribution is 2.37. The van der Waals surface area contributed by atoms with Crippen molar-refractivity contribution in [3.05, 3.63) is 0 Å². The molecule has 2 atom stereocenters. The van der Waals surface area contributed by atoms with Gasteiger partial charge in [-0.1, -0.05) is 6.92 Å². The van der Waals surface area contributed by atoms with Gasteiger partial charge in [-0.3, -0.25) is 0 Å². The Morgan fingerprint density at radius 2 is 2.27 bits per heavy atom. The van der Waals surface area contributed by atoms with E-state index in [-0.39, 0.29) is 0 Å². The molecule has 0 aliphatic heterocycles. The molecule has 0 saturated heterocycles. The minimum atomic E-state index is 0.887. The molecule has 1 saturated carbocycles. The van der Waals surface area contributed by atoms with Crippen LogP contribution in [0.15, 0.2) is 0 Å². The van der Waals surface area contributed by atoms with Crippen molar-refractivity contribution in [2.75, 3.05) is 20.1 Å². The van der Waals surface area contributed by atoms with Crippen LogP contribution in [0.1, 0.15) is 19.8 Å². The lowest BCUT2D eigenvalue weighted by molar-refractivity contribution is 0.322. The van der Waals surface area contributed by atoms with Gasteiger partial charge < -0.3 is 4.90 Å². The second-order valence-electron chi connectivity index (χ2n) is 3.69. The smallest absolute Gasteiger partial charge is 0.0214 e. The number of rotatable bonds is 4. The van der Waals surface area contributed by atoms with Crippen LogP contribution in [-0.2, 0) is 0 Å². The summed E-state index contributed by atoms with van der Waals surface area (Å²) < 4.78 is 0. The summed E-state index contributed by atoms with van der Waals surface area (Å²) in [4.78, 5) is 2.34. The number of terminal acetylenes is 1. The van der Waals surface area contributed by atoms with Gasteiger partial charge in [0, 0.05) is 19.5 Å². The van der Waals surface area contributed by atoms with Gasteiger partial charge >= 0.3 is 0 Å². The molecule has 1 rings (SSSR count). The highest BCUT2D eigenvalue weighted by Gasteiger charge is 2.32. The standard InChI is InChI=1S/C10H17N/c1-4-5-6-11(3)8-10-7-9(10)2/h1,9-10H,5-8H2,2-3H3. The van der Waals surface area contributed by atoms with E-state index in [1.165, 1.54) is 13.0 Å². The first-order chi connectivity index (χ1) is 5.24. The fourth-order valence-electron chi connectivity index (χ4n) is 1.40. The quantitative estimate of drug-likeness (QED) is 0.552. The largest absolute Gasteiger partial charge is 0.305 e. The van der Waals surface area contributed by atoms with Gasteiger partial charge in [0.2, 0.25) is 0 Å². The van der Waals surface area contributed by atoms with Crippen molar-refractivity contribution in [3.63, 3.8) is 0 Å². The highest BCUT2D eigenvalue weighted by atomic mass is 15.1. The Labute approximate surface area is 69.8 Å². The summed E-state index contributed by atoms with van der Waals surface area (Å²) in [6.07, 6.45) is 7.48. The lowest BCUT2D eigenvalue weighted by Gasteiger charge is -2.13. The van der Waals surface area contributed by atoms with Gasteiger partial charge in [0.15, 0.2) is 0 Å². The summed E-state index contributed by atoms with van der Waals surface area (Å²) in [6, 6.07) is 0. The molecular formula is C10H17N. The van der Waals surface area contributed by atoms with Crippen LogP contribution in [0.25, 0.3) is 0 Å². The lowest BCUT2D eigenvalue weighted by atomic mass is 10.3. The molecule has 0 bridgehead atoms. The molecule has 0 amide bonds. The molecule has 0 heterocycles. The van der Waals surface area contributed by atoms with Crippen LogP contribution in [-0.4, -0.2) is 25.0 Å². The molecule has 1 fully saturated rings. The number of nitrogens with zero attached hydrogens (tertiary/aromatic N) is 1. The van der Waals surface area contributed by atoms with Crippen LogP contribution >= 0.6 is 0 Å². The Balaban J connectivity index is 2.03. The van der Waals surface area contributed by atoms with Crippen LogP contribution in [0.4, 0.5) is 0 Å². The summed E-state index contributed by atoms with van der Waals surface area (Å²) in [5.74, 6) is 4.58. The summed E-state index contributed by atoms with van der Waals surface area (Å²) >= 11 is 0. The molecule has 2 unspecified atom stereocenters. The predicted octanol–water partition coefficient (Wildman–Crippen LogP) is 1.60. The summed E-state index contributed by atoms with van der Waals surface area (Å²) in [6.45, 7) is 4.61. The van der Waals surface area contributed by atoms with Gasteiger partial charge in [0.05, 0.1) is 0 Å². The Kier molecular flexibility index (Phi) is 2.96. The van der Waals surface area contributed by atoms with Crippen LogP contribution in [0.5, 0.6) is 0 Å². The summed E-state index contributed by atoms with van der Waals surface area (Å²) in [5, 5.41) is 0. The first kappa shape index (κ1) is 8.62. The molecule has 1 nitrogen and oxygen atoms in total. The van der Waals surface area contributed by atoms with Gasteiger partial charge in [-0.05, 0) is 25.3 Å². The zero-order valence-corrected chi connectivity index (χ0v) is 7.51. The van der Waals surface area contributed by atoms with Crippen molar-refractivity contribution in [1.82, 2.24) is 4.90 Å². The van der Waals surface area contributed by atoms with E-state index in [9.17, 15) is 0 Å². The predicted molar refractivity (Wildman–Crippen MR) is 48.2 cm³/mol. The van der Waals surface area contributed by atoms with Crippen molar-refractivity contribution in [3.8, 4) is 12.3 Å². The minimum Gasteiger partial charge on any atom is -0.305 e. The maximum absolute atomic E-state index is 5.17. The van der Waals surface area contributed by atoms with Crippen molar-refractivity contribution >= 4 is 0 Å². The molecule has 0 radical (unpaired) electrons. The third-order valence-corrected chi connectivity index (χ3v) is 2.46. The SMILES string of the molecule is C#CCCN(C)CC1CC1C. The average Bonchev–Trinajstić information content (AvgIpc) is 2.62. The third-order valence-electron chi connectivity index (χ3n) is 2.46. The zero-order chi connectivity index (χ0) is 8.27. The highest BCUT2D eigenvalue weighted by molar-refractivity contribution is 4.87. The van der Waals surface area contributed by atoms with Crippen molar-refractivity contribution < 1.29 is 0 Å². The van der Waals surface area contributed by atoms with Gasteiger partial charge in [0.1, 0.15) is 0 Å². The van der Waals surface area contributed by atoms with Gasteiger partial charge in [-0.2, -0.15) is 0 Å². The maximum Gasteiger partial charge on any atom is 0.0214 e. The van der Waals surface area contributed by atoms with E-state index >= 15 is 0 Å². The van der Waals surface area contributed by atoms with E-state index in [1.54, 1.807) is 0 Å². The summed E-state index contributed by atoms with van der Waals surface area (Å²) in [5.41, 5.74) is 0. The van der Waals surface area contributed by atoms with Crippen LogP contribution < -0.4 is 0 Å². The molecule has 0 spiro atoms. The van der Waals surface area contributed by atoms with Crippen molar-refractivity contribution in [1.29, 1.82) is 0 Å². The zero-order valence-electron chi connectivity index (χ0n) is 7.51. The molecule has 0 aromatic carbocycles. The molecule has 62 valence electrons.